The number of aromatic nitrogens is 1. The monoisotopic (exact) mass is 1280 g/mol. The molecule has 81 heavy (non-hydrogen) atoms. The van der Waals surface area contributed by atoms with E-state index in [0.29, 0.717) is 11.0 Å². The van der Waals surface area contributed by atoms with Crippen LogP contribution < -0.4 is 0 Å². The maximum absolute atomic E-state index is 11.2. The fourth-order valence-corrected chi connectivity index (χ4v) is 9.38. The van der Waals surface area contributed by atoms with Gasteiger partial charge in [-0.1, -0.05) is 93.9 Å². The Hall–Kier alpha value is -7.04. The molecule has 0 fully saturated rings. The number of hydrogen-bond acceptors (Lipinski definition) is 23. The molecule has 0 radical (unpaired) electrons. The van der Waals surface area contributed by atoms with Crippen molar-refractivity contribution in [2.45, 2.75) is 89.8 Å². The van der Waals surface area contributed by atoms with Gasteiger partial charge in [-0.3, -0.25) is 40.5 Å². The van der Waals surface area contributed by atoms with Gasteiger partial charge in [0.1, 0.15) is 25.9 Å². The molecule has 0 unspecified atom stereocenters. The van der Waals surface area contributed by atoms with Crippen molar-refractivity contribution in [1.82, 2.24) is 4.98 Å². The fraction of sp³-hybridized carbons (Fsp3) is 0.333. The smallest absolute Gasteiger partial charge is 0.294 e. The van der Waals surface area contributed by atoms with E-state index >= 15 is 0 Å². The van der Waals surface area contributed by atoms with Crippen molar-refractivity contribution in [2.24, 2.45) is 0 Å². The summed E-state index contributed by atoms with van der Waals surface area (Å²) < 4.78 is 131. The van der Waals surface area contributed by atoms with Crippen molar-refractivity contribution in [3.63, 3.8) is 0 Å². The molecular weight excluding hydrogens is 1210 g/mol. The lowest BCUT2D eigenvalue weighted by Gasteiger charge is -1.99. The maximum atomic E-state index is 11.2. The Morgan fingerprint density at radius 1 is 0.432 bits per heavy atom. The van der Waals surface area contributed by atoms with Gasteiger partial charge in [0, 0.05) is 68.1 Å². The van der Waals surface area contributed by atoms with E-state index < -0.39 is 95.0 Å². The first kappa shape index (κ1) is 90.5. The first-order valence-electron chi connectivity index (χ1n) is 19.4. The molecular formula is C48H75N5O21S7. The van der Waals surface area contributed by atoms with Gasteiger partial charge in [0.25, 0.3) is 22.7 Å². The highest BCUT2D eigenvalue weighted by Crippen LogP contribution is 2.28. The second kappa shape index (κ2) is 38.6. The molecule has 0 atom stereocenters. The fourth-order valence-electron chi connectivity index (χ4n) is 4.61. The molecule has 1 aromatic heterocycles. The first-order chi connectivity index (χ1) is 33.6. The van der Waals surface area contributed by atoms with Crippen LogP contribution in [0.3, 0.4) is 0 Å². The molecule has 460 valence electrons. The zero-order chi connectivity index (χ0) is 57.8. The topological polar surface area (TPSA) is 407 Å². The van der Waals surface area contributed by atoms with Crippen molar-refractivity contribution in [3.8, 4) is 0 Å². The third kappa shape index (κ3) is 35.3. The number of nitro benzene ring substituents is 4. The molecule has 0 aliphatic carbocycles. The number of carbonyl (C=O) groups excluding carboxylic acids is 1. The van der Waals surface area contributed by atoms with Crippen molar-refractivity contribution in [2.75, 3.05) is 43.8 Å². The van der Waals surface area contributed by atoms with Crippen LogP contribution in [0.15, 0.2) is 139 Å². The van der Waals surface area contributed by atoms with Gasteiger partial charge in [-0.15, -0.1) is 11.3 Å². The van der Waals surface area contributed by atoms with Crippen LogP contribution in [0.4, 0.5) is 22.7 Å². The van der Waals surface area contributed by atoms with Crippen molar-refractivity contribution in [1.29, 1.82) is 0 Å². The van der Waals surface area contributed by atoms with Crippen LogP contribution in [0, 0.1) is 47.4 Å². The number of benzene rings is 5. The number of aldehydes is 1. The third-order valence-corrected chi connectivity index (χ3v) is 15.0. The minimum Gasteiger partial charge on any atom is -0.304 e. The average molecular weight is 1280 g/mol. The highest BCUT2D eigenvalue weighted by atomic mass is 32.2. The highest BCUT2D eigenvalue weighted by molar-refractivity contribution is 7.93. The Kier molecular flexibility index (Phi) is 43.1. The number of hydrogen-bond donors (Lipinski definition) is 0. The van der Waals surface area contributed by atoms with Crippen molar-refractivity contribution >= 4 is 110 Å². The number of carbonyl (C=O) groups is 1. The molecule has 6 rings (SSSR count). The molecule has 0 aliphatic rings. The Balaban J connectivity index is -0.000000130. The largest absolute Gasteiger partial charge is 0.304 e. The number of fused-ring (bicyclic) bond motifs is 1. The van der Waals surface area contributed by atoms with Crippen molar-refractivity contribution in [3.05, 3.63) is 161 Å². The molecule has 6 aromatic rings. The quantitative estimate of drug-likeness (QED) is 0.0737. The standard InChI is InChI=1S/C8H7NO2S2.C8H10O2S.C7H6N2O6S.2C7H7NO4S.C2H6O2S.C2H4O.7CH4/c1-13(10,11)8-9-6-4-2-3-5-7(6)12-8;1-7-3-5-8(6-4-7)11(2,9)10;1-16(14,15)7-3-2-5(8(10)11)4-6(7)9(12)13;1-13(11,12)7-4-2-6(3-5-7)8(9)10;1-13(11,12)7-5-3-2-4-6(7)8(9)10;1-5(2,3)4;1-2-3;;;;;;;/h2-5H,1H3;3-6H,1-2H3;2-4H,1H3;2*2-5H,1H3;1-2H3;2H,1H3;7*1H4. The van der Waals surface area contributed by atoms with Crippen LogP contribution in [0.2, 0.25) is 0 Å². The highest BCUT2D eigenvalue weighted by Gasteiger charge is 2.25. The van der Waals surface area contributed by atoms with Crippen LogP contribution in [-0.4, -0.2) is 125 Å². The predicted octanol–water partition coefficient (Wildman–Crippen LogP) is 10.3. The molecule has 0 saturated heterocycles. The molecule has 33 heteroatoms. The number of rotatable bonds is 9. The van der Waals surface area contributed by atoms with E-state index in [1.807, 2.05) is 25.1 Å². The molecule has 0 bridgehead atoms. The summed E-state index contributed by atoms with van der Waals surface area (Å²) in [6, 6.07) is 26.6. The number of non-ortho nitro benzene ring substituents is 2. The van der Waals surface area contributed by atoms with Gasteiger partial charge >= 0.3 is 0 Å². The van der Waals surface area contributed by atoms with E-state index in [1.165, 1.54) is 61.1 Å². The second-order valence-corrected chi connectivity index (χ2v) is 28.1. The lowest BCUT2D eigenvalue weighted by Crippen LogP contribution is -2.03. The summed E-state index contributed by atoms with van der Waals surface area (Å²) in [5, 5.41) is 41.6. The minimum absolute atomic E-state index is 0. The first-order valence-corrected chi connectivity index (χ1v) is 32.0. The second-order valence-electron chi connectivity index (χ2n) is 14.6. The van der Waals surface area contributed by atoms with E-state index in [-0.39, 0.29) is 77.5 Å². The maximum Gasteiger partial charge on any atom is 0.294 e. The minimum atomic E-state index is -3.79. The van der Waals surface area contributed by atoms with Crippen LogP contribution in [0.1, 0.15) is 64.5 Å². The lowest BCUT2D eigenvalue weighted by molar-refractivity contribution is -0.396. The lowest BCUT2D eigenvalue weighted by atomic mass is 10.2. The summed E-state index contributed by atoms with van der Waals surface area (Å²) in [6.45, 7) is 3.37. The van der Waals surface area contributed by atoms with Gasteiger partial charge in [0.2, 0.25) is 14.2 Å². The van der Waals surface area contributed by atoms with Crippen LogP contribution in [0.25, 0.3) is 10.2 Å². The number of thiazole rings is 1. The molecule has 0 spiro atoms. The van der Waals surface area contributed by atoms with Crippen molar-refractivity contribution < 1.29 is 75.0 Å². The molecule has 5 aromatic carbocycles. The van der Waals surface area contributed by atoms with Crippen LogP contribution in [-0.2, 0) is 63.8 Å². The summed E-state index contributed by atoms with van der Waals surface area (Å²) in [6.07, 6.45) is 8.23. The predicted molar refractivity (Wildman–Crippen MR) is 322 cm³/mol. The summed E-state index contributed by atoms with van der Waals surface area (Å²) in [5.41, 5.74) is -0.0153. The average Bonchev–Trinajstić information content (AvgIpc) is 3.72. The zero-order valence-corrected chi connectivity index (χ0v) is 45.9. The Bertz CT molecular complexity index is 3630. The van der Waals surface area contributed by atoms with E-state index in [2.05, 4.69) is 4.98 Å². The molecule has 26 nitrogen and oxygen atoms in total. The van der Waals surface area contributed by atoms with E-state index in [0.717, 1.165) is 83.7 Å². The van der Waals surface area contributed by atoms with Gasteiger partial charge in [0.15, 0.2) is 39.3 Å². The molecule has 1 heterocycles. The van der Waals surface area contributed by atoms with Crippen LogP contribution >= 0.6 is 11.3 Å². The number of aryl methyl sites for hydroxylation is 1. The van der Waals surface area contributed by atoms with Gasteiger partial charge in [-0.2, -0.15) is 0 Å². The summed E-state index contributed by atoms with van der Waals surface area (Å²) in [4.78, 5) is 51.0. The Labute approximate surface area is 481 Å². The Morgan fingerprint density at radius 3 is 1.09 bits per heavy atom. The third-order valence-electron chi connectivity index (χ3n) is 7.73. The van der Waals surface area contributed by atoms with Gasteiger partial charge < -0.3 is 4.79 Å². The van der Waals surface area contributed by atoms with E-state index in [9.17, 15) is 91.0 Å². The molecule has 0 aliphatic heterocycles. The van der Waals surface area contributed by atoms with E-state index in [1.54, 1.807) is 30.3 Å². The zero-order valence-electron chi connectivity index (χ0n) is 40.2. The van der Waals surface area contributed by atoms with E-state index in [4.69, 9.17) is 4.79 Å². The Morgan fingerprint density at radius 2 is 0.765 bits per heavy atom. The van der Waals surface area contributed by atoms with Gasteiger partial charge in [0.05, 0.1) is 45.8 Å². The molecule has 0 amide bonds. The molecule has 0 N–H and O–H groups in total. The summed E-state index contributed by atoms with van der Waals surface area (Å²) >= 11 is 1.21. The summed E-state index contributed by atoms with van der Waals surface area (Å²) in [7, 11) is -19.4. The number of sulfone groups is 6. The number of nitro groups is 4. The number of nitrogens with zero attached hydrogens (tertiary/aromatic N) is 5. The van der Waals surface area contributed by atoms with Gasteiger partial charge in [-0.05, 0) is 62.4 Å². The van der Waals surface area contributed by atoms with Gasteiger partial charge in [-0.25, -0.2) is 55.5 Å². The SMILES string of the molecule is C.C.C.C.C.C.C.CC=O.CS(=O)(=O)c1ccc([N+](=O)[O-])cc1.CS(=O)(=O)c1ccc([N+](=O)[O-])cc1[N+](=O)[O-].CS(=O)(=O)c1ccccc1[N+](=O)[O-].CS(=O)(=O)c1nc2ccccc2s1.CS(C)(=O)=O.Cc1ccc(S(C)(=O)=O)cc1. The van der Waals surface area contributed by atoms with Crippen LogP contribution in [0.5, 0.6) is 0 Å². The normalized spacial score (nSPS) is 10.1. The summed E-state index contributed by atoms with van der Waals surface area (Å²) in [5.74, 6) is 0. The molecule has 0 saturated carbocycles. The number of para-hydroxylation sites is 2.